The van der Waals surface area contributed by atoms with Crippen LogP contribution in [0.4, 0.5) is 0 Å². The van der Waals surface area contributed by atoms with Gasteiger partial charge in [0.05, 0.1) is 36.5 Å². The van der Waals surface area contributed by atoms with E-state index in [-0.39, 0.29) is 12.4 Å². The largest absolute Gasteiger partial charge is 0.379 e. The highest BCUT2D eigenvalue weighted by atomic mass is 35.5. The molecule has 2 aliphatic heterocycles. The van der Waals surface area contributed by atoms with Crippen LogP contribution < -0.4 is 9.75 Å². The number of nitrogens with zero attached hydrogens (tertiary/aromatic N) is 1. The predicted octanol–water partition coefficient (Wildman–Crippen LogP) is 4.99. The van der Waals surface area contributed by atoms with Gasteiger partial charge in [0.2, 0.25) is 0 Å². The number of fused-ring (bicyclic) bond motifs is 4. The van der Waals surface area contributed by atoms with Gasteiger partial charge in [-0.05, 0) is 29.9 Å². The lowest BCUT2D eigenvalue weighted by atomic mass is 10.1. The number of morpholine rings is 1. The molecular formula is C23H22Cl3NO2S2. The van der Waals surface area contributed by atoms with Crippen LogP contribution in [0.3, 0.4) is 0 Å². The third-order valence-corrected chi connectivity index (χ3v) is 8.35. The Morgan fingerprint density at radius 2 is 1.87 bits per heavy atom. The van der Waals surface area contributed by atoms with E-state index in [1.165, 1.54) is 25.1 Å². The van der Waals surface area contributed by atoms with Crippen LogP contribution in [-0.2, 0) is 9.47 Å². The molecule has 2 aromatic rings. The molecule has 164 valence electrons. The molecule has 0 radical (unpaired) electrons. The van der Waals surface area contributed by atoms with Crippen molar-refractivity contribution in [1.82, 2.24) is 4.90 Å². The Kier molecular flexibility index (Phi) is 7.89. The summed E-state index contributed by atoms with van der Waals surface area (Å²) < 4.78 is 13.8. The van der Waals surface area contributed by atoms with Crippen molar-refractivity contribution in [1.29, 1.82) is 0 Å². The van der Waals surface area contributed by atoms with Gasteiger partial charge < -0.3 is 9.47 Å². The molecule has 1 fully saturated rings. The quantitative estimate of drug-likeness (QED) is 0.524. The monoisotopic (exact) mass is 513 g/mol. The van der Waals surface area contributed by atoms with Gasteiger partial charge >= 0.3 is 0 Å². The van der Waals surface area contributed by atoms with E-state index in [1.807, 2.05) is 12.1 Å². The van der Waals surface area contributed by atoms with Gasteiger partial charge in [0.1, 0.15) is 0 Å². The maximum absolute atomic E-state index is 6.35. The van der Waals surface area contributed by atoms with Crippen molar-refractivity contribution >= 4 is 79.8 Å². The summed E-state index contributed by atoms with van der Waals surface area (Å²) in [4.78, 5) is 4.87. The fourth-order valence-corrected chi connectivity index (χ4v) is 6.50. The molecule has 3 nitrogen and oxygen atoms in total. The number of thioether (sulfide) groups is 1. The van der Waals surface area contributed by atoms with E-state index in [9.17, 15) is 0 Å². The second-order valence-electron chi connectivity index (χ2n) is 7.32. The molecule has 1 aliphatic carbocycles. The van der Waals surface area contributed by atoms with E-state index >= 15 is 0 Å². The molecule has 0 amide bonds. The molecule has 5 rings (SSSR count). The Morgan fingerprint density at radius 1 is 1.06 bits per heavy atom. The minimum atomic E-state index is 0. The molecule has 3 aliphatic rings. The first kappa shape index (κ1) is 23.4. The second kappa shape index (κ2) is 10.4. The van der Waals surface area contributed by atoms with Gasteiger partial charge in [-0.1, -0.05) is 53.2 Å². The van der Waals surface area contributed by atoms with Crippen molar-refractivity contribution in [3.63, 3.8) is 0 Å². The average molecular weight is 515 g/mol. The fraction of sp³-hybridized carbons (Fsp3) is 0.304. The third kappa shape index (κ3) is 5.10. The van der Waals surface area contributed by atoms with Crippen LogP contribution in [0.2, 0.25) is 10.0 Å². The number of thiophene rings is 1. The topological polar surface area (TPSA) is 21.7 Å². The van der Waals surface area contributed by atoms with Gasteiger partial charge in [0.15, 0.2) is 0 Å². The predicted molar refractivity (Wildman–Crippen MR) is 137 cm³/mol. The van der Waals surface area contributed by atoms with Gasteiger partial charge in [-0.15, -0.1) is 23.7 Å². The highest BCUT2D eigenvalue weighted by Gasteiger charge is 2.18. The summed E-state index contributed by atoms with van der Waals surface area (Å²) in [5.74, 6) is 0. The molecule has 31 heavy (non-hydrogen) atoms. The number of allylic oxidation sites excluding steroid dienone is 4. The van der Waals surface area contributed by atoms with Crippen LogP contribution in [-0.4, -0.2) is 51.0 Å². The van der Waals surface area contributed by atoms with Crippen LogP contribution in [0.15, 0.2) is 46.9 Å². The molecule has 1 aromatic carbocycles. The second-order valence-corrected chi connectivity index (χ2v) is 10.4. The molecule has 0 atom stereocenters. The zero-order valence-electron chi connectivity index (χ0n) is 16.7. The number of benzene rings is 1. The summed E-state index contributed by atoms with van der Waals surface area (Å²) >= 11 is 16.2. The van der Waals surface area contributed by atoms with E-state index in [2.05, 4.69) is 35.3 Å². The lowest BCUT2D eigenvalue weighted by Gasteiger charge is -2.26. The molecule has 3 heterocycles. The Morgan fingerprint density at radius 3 is 2.71 bits per heavy atom. The average Bonchev–Trinajstić information content (AvgIpc) is 2.99. The number of hydrogen-bond acceptors (Lipinski definition) is 5. The normalized spacial score (nSPS) is 18.5. The van der Waals surface area contributed by atoms with Crippen molar-refractivity contribution in [2.24, 2.45) is 0 Å². The van der Waals surface area contributed by atoms with Crippen LogP contribution in [0.5, 0.6) is 0 Å². The lowest BCUT2D eigenvalue weighted by Crippen LogP contribution is -2.38. The Hall–Kier alpha value is -0.760. The molecule has 0 bridgehead atoms. The van der Waals surface area contributed by atoms with Crippen molar-refractivity contribution in [2.45, 2.75) is 0 Å². The summed E-state index contributed by atoms with van der Waals surface area (Å²) in [6.07, 6.45) is 10.8. The van der Waals surface area contributed by atoms with E-state index in [0.717, 1.165) is 49.5 Å². The standard InChI is InChI=1S/C23H21Cl2NO2S2.ClH/c24-18-12-17-21(13-19(18)25)30-20-3-1-2-15-4-5-16(29-23(15)22(17)20)14-28-11-8-26-6-9-27-10-7-26;/h1-5,12-13H,6-11,14H2;1H. The van der Waals surface area contributed by atoms with E-state index < -0.39 is 0 Å². The van der Waals surface area contributed by atoms with E-state index in [1.54, 1.807) is 23.1 Å². The zero-order chi connectivity index (χ0) is 20.5. The molecule has 1 aromatic heterocycles. The first-order valence-corrected chi connectivity index (χ1v) is 12.3. The van der Waals surface area contributed by atoms with Gasteiger partial charge in [-0.25, -0.2) is 0 Å². The van der Waals surface area contributed by atoms with E-state index in [0.29, 0.717) is 16.7 Å². The summed E-state index contributed by atoms with van der Waals surface area (Å²) in [6, 6.07) is 3.97. The molecule has 1 saturated heterocycles. The van der Waals surface area contributed by atoms with Gasteiger partial charge in [-0.2, -0.15) is 0 Å². The summed E-state index contributed by atoms with van der Waals surface area (Å²) in [5.41, 5.74) is 1.22. The molecule has 8 heteroatoms. The third-order valence-electron chi connectivity index (χ3n) is 5.35. The molecule has 0 saturated carbocycles. The van der Waals surface area contributed by atoms with Crippen molar-refractivity contribution in [3.8, 4) is 0 Å². The minimum Gasteiger partial charge on any atom is -0.379 e. The first-order chi connectivity index (χ1) is 14.7. The summed E-state index contributed by atoms with van der Waals surface area (Å²) in [6.45, 7) is 5.95. The molecule has 0 unspecified atom stereocenters. The number of rotatable bonds is 5. The SMILES string of the molecule is Cl.Clc1cc2sc3c(c2cc1Cl)=C1SC(COCCN2CCOCC2)=CC=C1C=CC=3. The molecule has 0 N–H and O–H groups in total. The smallest absolute Gasteiger partial charge is 0.0779 e. The maximum atomic E-state index is 6.35. The van der Waals surface area contributed by atoms with Crippen molar-refractivity contribution in [3.05, 3.63) is 66.7 Å². The summed E-state index contributed by atoms with van der Waals surface area (Å²) in [5, 5.41) is 3.60. The number of ether oxygens (including phenoxy) is 2. The number of halogens is 3. The Bertz CT molecular complexity index is 1190. The number of hydrogen-bond donors (Lipinski definition) is 0. The Labute approximate surface area is 206 Å². The highest BCUT2D eigenvalue weighted by Crippen LogP contribution is 2.38. The Balaban J connectivity index is 0.00000231. The lowest BCUT2D eigenvalue weighted by molar-refractivity contribution is 0.0232. The first-order valence-electron chi connectivity index (χ1n) is 9.96. The zero-order valence-corrected chi connectivity index (χ0v) is 20.7. The van der Waals surface area contributed by atoms with Crippen molar-refractivity contribution < 1.29 is 9.47 Å². The molecular weight excluding hydrogens is 493 g/mol. The van der Waals surface area contributed by atoms with Crippen LogP contribution >= 0.6 is 58.7 Å². The van der Waals surface area contributed by atoms with Crippen molar-refractivity contribution in [2.75, 3.05) is 46.1 Å². The minimum absolute atomic E-state index is 0. The van der Waals surface area contributed by atoms with Gasteiger partial charge in [0, 0.05) is 49.3 Å². The molecule has 0 spiro atoms. The van der Waals surface area contributed by atoms with Crippen LogP contribution in [0.1, 0.15) is 0 Å². The van der Waals surface area contributed by atoms with Gasteiger partial charge in [-0.3, -0.25) is 4.90 Å². The van der Waals surface area contributed by atoms with Gasteiger partial charge in [0.25, 0.3) is 0 Å². The maximum Gasteiger partial charge on any atom is 0.0779 e. The summed E-state index contributed by atoms with van der Waals surface area (Å²) in [7, 11) is 0. The van der Waals surface area contributed by atoms with E-state index in [4.69, 9.17) is 32.7 Å². The van der Waals surface area contributed by atoms with Crippen LogP contribution in [0.25, 0.3) is 21.1 Å². The highest BCUT2D eigenvalue weighted by molar-refractivity contribution is 8.11. The fourth-order valence-electron chi connectivity index (χ4n) is 3.78. The van der Waals surface area contributed by atoms with Crippen LogP contribution in [0, 0.1) is 0 Å².